The van der Waals surface area contributed by atoms with Crippen LogP contribution in [0.25, 0.3) is 11.1 Å². The van der Waals surface area contributed by atoms with Crippen molar-refractivity contribution in [3.8, 4) is 11.1 Å². The highest BCUT2D eigenvalue weighted by molar-refractivity contribution is 7.88. The third-order valence-electron chi connectivity index (χ3n) is 5.10. The van der Waals surface area contributed by atoms with E-state index >= 15 is 0 Å². The lowest BCUT2D eigenvalue weighted by molar-refractivity contribution is 0.321. The fraction of sp³-hybridized carbons (Fsp3) is 0.350. The molecule has 0 unspecified atom stereocenters. The summed E-state index contributed by atoms with van der Waals surface area (Å²) in [5.74, 6) is 0.250. The fourth-order valence-corrected chi connectivity index (χ4v) is 4.55. The quantitative estimate of drug-likeness (QED) is 0.790. The smallest absolute Gasteiger partial charge is 0.211 e. The first-order valence-corrected chi connectivity index (χ1v) is 10.7. The van der Waals surface area contributed by atoms with E-state index in [9.17, 15) is 8.42 Å². The van der Waals surface area contributed by atoms with Crippen LogP contribution in [0.5, 0.6) is 0 Å². The number of anilines is 1. The minimum atomic E-state index is -3.14. The normalized spacial score (nSPS) is 16.4. The number of nitrogens with zero attached hydrogens (tertiary/aromatic N) is 1. The van der Waals surface area contributed by atoms with Crippen molar-refractivity contribution < 1.29 is 8.42 Å². The largest absolute Gasteiger partial charge is 0.388 e. The zero-order valence-electron chi connectivity index (χ0n) is 15.2. The number of benzene rings is 2. The first-order valence-electron chi connectivity index (χ1n) is 8.80. The summed E-state index contributed by atoms with van der Waals surface area (Å²) in [6, 6.07) is 14.4. The molecule has 1 fully saturated rings. The summed E-state index contributed by atoms with van der Waals surface area (Å²) < 4.78 is 25.1. The Labute approximate surface area is 155 Å². The molecule has 0 amide bonds. The Morgan fingerprint density at radius 3 is 2.31 bits per heavy atom. The molecule has 2 aromatic rings. The van der Waals surface area contributed by atoms with E-state index in [-0.39, 0.29) is 5.92 Å². The SMILES string of the molecule is CNc1cc(-c2ccccc2)cc(C2CCN(S(C)(=O)=O)CC2)c1C=N. The maximum absolute atomic E-state index is 11.8. The van der Waals surface area contributed by atoms with Crippen LogP contribution in [0.4, 0.5) is 5.69 Å². The predicted octanol–water partition coefficient (Wildman–Crippen LogP) is 3.53. The van der Waals surface area contributed by atoms with Gasteiger partial charge in [0.1, 0.15) is 0 Å². The summed E-state index contributed by atoms with van der Waals surface area (Å²) in [6.45, 7) is 1.07. The van der Waals surface area contributed by atoms with Crippen LogP contribution in [0.2, 0.25) is 0 Å². The van der Waals surface area contributed by atoms with E-state index in [1.165, 1.54) is 12.5 Å². The zero-order chi connectivity index (χ0) is 18.7. The molecule has 0 spiro atoms. The third kappa shape index (κ3) is 3.81. The zero-order valence-corrected chi connectivity index (χ0v) is 16.0. The minimum Gasteiger partial charge on any atom is -0.388 e. The topological polar surface area (TPSA) is 73.3 Å². The lowest BCUT2D eigenvalue weighted by Crippen LogP contribution is -2.37. The second kappa shape index (κ2) is 7.60. The molecule has 1 saturated heterocycles. The first-order chi connectivity index (χ1) is 12.4. The van der Waals surface area contributed by atoms with E-state index in [0.29, 0.717) is 13.1 Å². The Bertz CT molecular complexity index is 887. The van der Waals surface area contributed by atoms with Crippen molar-refractivity contribution in [3.63, 3.8) is 0 Å². The molecule has 0 atom stereocenters. The fourth-order valence-electron chi connectivity index (χ4n) is 3.68. The summed E-state index contributed by atoms with van der Waals surface area (Å²) in [4.78, 5) is 0. The molecule has 0 radical (unpaired) electrons. The van der Waals surface area contributed by atoms with Crippen molar-refractivity contribution >= 4 is 21.9 Å². The number of rotatable bonds is 5. The number of piperidine rings is 1. The van der Waals surface area contributed by atoms with Crippen LogP contribution >= 0.6 is 0 Å². The number of hydrogen-bond donors (Lipinski definition) is 2. The van der Waals surface area contributed by atoms with Gasteiger partial charge in [-0.05, 0) is 41.5 Å². The number of hydrogen-bond acceptors (Lipinski definition) is 4. The molecule has 0 aromatic heterocycles. The molecule has 2 N–H and O–H groups in total. The van der Waals surface area contributed by atoms with Gasteiger partial charge < -0.3 is 10.7 Å². The van der Waals surface area contributed by atoms with Crippen LogP contribution < -0.4 is 5.32 Å². The molecule has 1 heterocycles. The van der Waals surface area contributed by atoms with Gasteiger partial charge in [0.2, 0.25) is 10.0 Å². The Morgan fingerprint density at radius 1 is 1.12 bits per heavy atom. The van der Waals surface area contributed by atoms with Gasteiger partial charge in [0.05, 0.1) is 6.26 Å². The summed E-state index contributed by atoms with van der Waals surface area (Å²) in [5.41, 5.74) is 5.20. The summed E-state index contributed by atoms with van der Waals surface area (Å²) in [7, 11) is -1.27. The van der Waals surface area contributed by atoms with Gasteiger partial charge in [-0.3, -0.25) is 0 Å². The van der Waals surface area contributed by atoms with Crippen molar-refractivity contribution in [2.45, 2.75) is 18.8 Å². The Kier molecular flexibility index (Phi) is 5.44. The van der Waals surface area contributed by atoms with E-state index in [2.05, 4.69) is 29.6 Å². The van der Waals surface area contributed by atoms with Crippen molar-refractivity contribution in [1.82, 2.24) is 4.31 Å². The lowest BCUT2D eigenvalue weighted by atomic mass is 9.84. The molecule has 0 saturated carbocycles. The van der Waals surface area contributed by atoms with Gasteiger partial charge in [-0.1, -0.05) is 36.4 Å². The summed E-state index contributed by atoms with van der Waals surface area (Å²) in [5, 5.41) is 11.1. The van der Waals surface area contributed by atoms with Gasteiger partial charge in [-0.25, -0.2) is 12.7 Å². The summed E-state index contributed by atoms with van der Waals surface area (Å²) >= 11 is 0. The molecule has 26 heavy (non-hydrogen) atoms. The molecule has 3 rings (SSSR count). The molecule has 138 valence electrons. The van der Waals surface area contributed by atoms with Gasteiger partial charge in [0.25, 0.3) is 0 Å². The van der Waals surface area contributed by atoms with Crippen LogP contribution in [0.3, 0.4) is 0 Å². The van der Waals surface area contributed by atoms with E-state index in [0.717, 1.165) is 40.8 Å². The Balaban J connectivity index is 1.99. The number of nitrogens with one attached hydrogen (secondary N) is 2. The number of sulfonamides is 1. The second-order valence-electron chi connectivity index (χ2n) is 6.72. The molecular formula is C20H25N3O2S. The molecular weight excluding hydrogens is 346 g/mol. The van der Waals surface area contributed by atoms with Gasteiger partial charge in [0.15, 0.2) is 0 Å². The molecule has 6 heteroatoms. The van der Waals surface area contributed by atoms with Crippen LogP contribution in [0.1, 0.15) is 29.9 Å². The van der Waals surface area contributed by atoms with Gasteiger partial charge in [-0.2, -0.15) is 0 Å². The highest BCUT2D eigenvalue weighted by Gasteiger charge is 2.27. The molecule has 5 nitrogen and oxygen atoms in total. The molecule has 0 aliphatic carbocycles. The van der Waals surface area contributed by atoms with E-state index < -0.39 is 10.0 Å². The van der Waals surface area contributed by atoms with Crippen LogP contribution in [0.15, 0.2) is 42.5 Å². The van der Waals surface area contributed by atoms with Gasteiger partial charge in [0, 0.05) is 37.6 Å². The van der Waals surface area contributed by atoms with Gasteiger partial charge in [-0.15, -0.1) is 0 Å². The average molecular weight is 372 g/mol. The molecule has 0 bridgehead atoms. The predicted molar refractivity (Wildman–Crippen MR) is 108 cm³/mol. The lowest BCUT2D eigenvalue weighted by Gasteiger charge is -2.31. The highest BCUT2D eigenvalue weighted by Crippen LogP contribution is 2.36. The monoisotopic (exact) mass is 371 g/mol. The second-order valence-corrected chi connectivity index (χ2v) is 8.71. The average Bonchev–Trinajstić information content (AvgIpc) is 2.67. The molecule has 2 aromatic carbocycles. The summed E-state index contributed by atoms with van der Waals surface area (Å²) in [6.07, 6.45) is 4.22. The molecule has 1 aliphatic rings. The van der Waals surface area contributed by atoms with Crippen molar-refractivity contribution in [2.24, 2.45) is 0 Å². The molecule has 1 aliphatic heterocycles. The maximum Gasteiger partial charge on any atom is 0.211 e. The standard InChI is InChI=1S/C20H25N3O2S/c1-22-20-13-17(15-6-4-3-5-7-15)12-18(19(20)14-21)16-8-10-23(11-9-16)26(2,24)25/h3-7,12-14,16,21-22H,8-11H2,1-2H3. The third-order valence-corrected chi connectivity index (χ3v) is 6.40. The van der Waals surface area contributed by atoms with Crippen LogP contribution in [-0.2, 0) is 10.0 Å². The Morgan fingerprint density at radius 2 is 1.77 bits per heavy atom. The van der Waals surface area contributed by atoms with Crippen molar-refractivity contribution in [1.29, 1.82) is 5.41 Å². The van der Waals surface area contributed by atoms with Crippen molar-refractivity contribution in [3.05, 3.63) is 53.6 Å². The van der Waals surface area contributed by atoms with Crippen LogP contribution in [-0.4, -0.2) is 45.3 Å². The van der Waals surface area contributed by atoms with Crippen LogP contribution in [0, 0.1) is 5.41 Å². The van der Waals surface area contributed by atoms with Crippen molar-refractivity contribution in [2.75, 3.05) is 31.7 Å². The van der Waals surface area contributed by atoms with E-state index in [1.54, 1.807) is 4.31 Å². The highest BCUT2D eigenvalue weighted by atomic mass is 32.2. The van der Waals surface area contributed by atoms with E-state index in [4.69, 9.17) is 5.41 Å². The van der Waals surface area contributed by atoms with Gasteiger partial charge >= 0.3 is 0 Å². The maximum atomic E-state index is 11.8. The van der Waals surface area contributed by atoms with E-state index in [1.807, 2.05) is 25.2 Å². The first kappa shape index (κ1) is 18.6. The Hall–Kier alpha value is -2.18. The minimum absolute atomic E-state index is 0.250.